The minimum atomic E-state index is -0.509. The molecule has 0 spiro atoms. The van der Waals surface area contributed by atoms with E-state index in [1.165, 1.54) is 6.26 Å². The number of aromatic nitrogens is 1. The predicted molar refractivity (Wildman–Crippen MR) is 76.3 cm³/mol. The predicted octanol–water partition coefficient (Wildman–Crippen LogP) is 0.962. The average molecular weight is 282 g/mol. The van der Waals surface area contributed by atoms with Gasteiger partial charge in [-0.25, -0.2) is 0 Å². The summed E-state index contributed by atoms with van der Waals surface area (Å²) < 4.78 is 22.5. The van der Waals surface area contributed by atoms with Crippen LogP contribution in [0.5, 0.6) is 5.88 Å². The van der Waals surface area contributed by atoms with Gasteiger partial charge in [0.2, 0.25) is 0 Å². The maximum atomic E-state index is 5.96. The van der Waals surface area contributed by atoms with Crippen molar-refractivity contribution >= 4 is 12.6 Å². The zero-order chi connectivity index (χ0) is 14.8. The van der Waals surface area contributed by atoms with Crippen LogP contribution < -0.4 is 15.5 Å². The molecule has 0 unspecified atom stereocenters. The Labute approximate surface area is 120 Å². The third-order valence-corrected chi connectivity index (χ3v) is 3.88. The molecule has 1 aliphatic rings. The standard InChI is InChI=1S/C13H23BN2O4/c1-12(2)13(3,4)20-14(19-12)10-9-18-16-11(10)17-8-6-7-15-5/h9,15H,6-8H2,1-5H3. The van der Waals surface area contributed by atoms with Crippen molar-refractivity contribution in [1.82, 2.24) is 10.5 Å². The van der Waals surface area contributed by atoms with E-state index >= 15 is 0 Å². The average Bonchev–Trinajstić information content (AvgIpc) is 2.88. The van der Waals surface area contributed by atoms with Gasteiger partial charge in [-0.3, -0.25) is 0 Å². The van der Waals surface area contributed by atoms with Gasteiger partial charge in [0.05, 0.1) is 23.3 Å². The molecule has 20 heavy (non-hydrogen) atoms. The summed E-state index contributed by atoms with van der Waals surface area (Å²) in [5.74, 6) is 0.444. The molecule has 6 nitrogen and oxygen atoms in total. The van der Waals surface area contributed by atoms with Crippen molar-refractivity contribution < 1.29 is 18.6 Å². The van der Waals surface area contributed by atoms with Crippen LogP contribution in [0.25, 0.3) is 0 Å². The molecule has 1 aromatic rings. The lowest BCUT2D eigenvalue weighted by molar-refractivity contribution is 0.00578. The quantitative estimate of drug-likeness (QED) is 0.619. The van der Waals surface area contributed by atoms with Gasteiger partial charge in [0.1, 0.15) is 6.26 Å². The summed E-state index contributed by atoms with van der Waals surface area (Å²) in [6, 6.07) is 0. The summed E-state index contributed by atoms with van der Waals surface area (Å²) >= 11 is 0. The van der Waals surface area contributed by atoms with Crippen molar-refractivity contribution in [2.75, 3.05) is 20.2 Å². The van der Waals surface area contributed by atoms with Crippen molar-refractivity contribution in [2.24, 2.45) is 0 Å². The first-order valence-electron chi connectivity index (χ1n) is 6.95. The molecule has 0 aromatic carbocycles. The van der Waals surface area contributed by atoms with E-state index in [-0.39, 0.29) is 0 Å². The van der Waals surface area contributed by atoms with E-state index in [1.54, 1.807) is 0 Å². The van der Waals surface area contributed by atoms with Crippen LogP contribution in [0.2, 0.25) is 0 Å². The van der Waals surface area contributed by atoms with E-state index in [4.69, 9.17) is 18.6 Å². The Morgan fingerprint density at radius 2 is 1.90 bits per heavy atom. The molecule has 0 saturated carbocycles. The zero-order valence-corrected chi connectivity index (χ0v) is 12.9. The smallest absolute Gasteiger partial charge is 0.476 e. The minimum Gasteiger partial charge on any atom is -0.476 e. The zero-order valence-electron chi connectivity index (χ0n) is 12.9. The van der Waals surface area contributed by atoms with Crippen molar-refractivity contribution in [2.45, 2.75) is 45.3 Å². The molecule has 1 aromatic heterocycles. The van der Waals surface area contributed by atoms with Gasteiger partial charge in [-0.15, -0.1) is 0 Å². The van der Waals surface area contributed by atoms with Gasteiger partial charge >= 0.3 is 7.12 Å². The summed E-state index contributed by atoms with van der Waals surface area (Å²) in [4.78, 5) is 0. The van der Waals surface area contributed by atoms with Crippen LogP contribution in [-0.2, 0) is 9.31 Å². The molecular formula is C13H23BN2O4. The largest absolute Gasteiger partial charge is 0.503 e. The van der Waals surface area contributed by atoms with Crippen LogP contribution in [0.4, 0.5) is 0 Å². The van der Waals surface area contributed by atoms with Crippen LogP contribution >= 0.6 is 0 Å². The SMILES string of the molecule is CNCCCOc1nocc1B1OC(C)(C)C(C)(C)O1. The van der Waals surface area contributed by atoms with Gasteiger partial charge in [0, 0.05) is 0 Å². The molecule has 2 heterocycles. The fourth-order valence-corrected chi connectivity index (χ4v) is 1.89. The fraction of sp³-hybridized carbons (Fsp3) is 0.769. The monoisotopic (exact) mass is 282 g/mol. The highest BCUT2D eigenvalue weighted by Gasteiger charge is 2.53. The minimum absolute atomic E-state index is 0.391. The summed E-state index contributed by atoms with van der Waals surface area (Å²) in [7, 11) is 1.40. The summed E-state index contributed by atoms with van der Waals surface area (Å²) in [6.45, 7) is 9.49. The maximum Gasteiger partial charge on any atom is 0.503 e. The molecule has 112 valence electrons. The van der Waals surface area contributed by atoms with Gasteiger partial charge < -0.3 is 23.9 Å². The Kier molecular flexibility index (Phi) is 4.41. The van der Waals surface area contributed by atoms with Crippen LogP contribution in [0.1, 0.15) is 34.1 Å². The Morgan fingerprint density at radius 3 is 2.50 bits per heavy atom. The Bertz CT molecular complexity index is 431. The molecule has 1 N–H and O–H groups in total. The highest BCUT2D eigenvalue weighted by molar-refractivity contribution is 6.62. The molecule has 2 rings (SSSR count). The molecule has 0 amide bonds. The van der Waals surface area contributed by atoms with E-state index in [0.717, 1.165) is 13.0 Å². The molecule has 0 atom stereocenters. The van der Waals surface area contributed by atoms with E-state index in [2.05, 4.69) is 10.5 Å². The van der Waals surface area contributed by atoms with Crippen molar-refractivity contribution in [3.05, 3.63) is 6.26 Å². The van der Waals surface area contributed by atoms with E-state index in [1.807, 2.05) is 34.7 Å². The number of hydrogen-bond donors (Lipinski definition) is 1. The van der Waals surface area contributed by atoms with Crippen LogP contribution in [0.15, 0.2) is 10.8 Å². The normalized spacial score (nSPS) is 20.4. The van der Waals surface area contributed by atoms with Gasteiger partial charge in [0.15, 0.2) is 0 Å². The maximum absolute atomic E-state index is 5.96. The van der Waals surface area contributed by atoms with Crippen LogP contribution in [0.3, 0.4) is 0 Å². The van der Waals surface area contributed by atoms with Gasteiger partial charge in [0.25, 0.3) is 5.88 Å². The number of nitrogens with one attached hydrogen (secondary N) is 1. The van der Waals surface area contributed by atoms with Crippen LogP contribution in [0, 0.1) is 0 Å². The van der Waals surface area contributed by atoms with E-state index in [9.17, 15) is 0 Å². The first-order valence-corrected chi connectivity index (χ1v) is 6.95. The first kappa shape index (κ1) is 15.3. The highest BCUT2D eigenvalue weighted by atomic mass is 16.7. The third kappa shape index (κ3) is 3.00. The van der Waals surface area contributed by atoms with Crippen molar-refractivity contribution in [3.63, 3.8) is 0 Å². The molecule has 0 bridgehead atoms. The van der Waals surface area contributed by atoms with Gasteiger partial charge in [-0.05, 0) is 52.9 Å². The second-order valence-corrected chi connectivity index (χ2v) is 5.97. The lowest BCUT2D eigenvalue weighted by Crippen LogP contribution is -2.41. The summed E-state index contributed by atoms with van der Waals surface area (Å²) in [5, 5.41) is 6.94. The Balaban J connectivity index is 2.02. The third-order valence-electron chi connectivity index (χ3n) is 3.88. The number of hydrogen-bond acceptors (Lipinski definition) is 6. The van der Waals surface area contributed by atoms with E-state index < -0.39 is 18.3 Å². The van der Waals surface area contributed by atoms with Crippen molar-refractivity contribution in [3.8, 4) is 5.88 Å². The molecule has 0 radical (unpaired) electrons. The Morgan fingerprint density at radius 1 is 1.25 bits per heavy atom. The number of ether oxygens (including phenoxy) is 1. The molecule has 1 saturated heterocycles. The fourth-order valence-electron chi connectivity index (χ4n) is 1.89. The topological polar surface area (TPSA) is 65.8 Å². The second kappa shape index (κ2) is 5.75. The number of rotatable bonds is 6. The first-order chi connectivity index (χ1) is 9.37. The second-order valence-electron chi connectivity index (χ2n) is 5.97. The van der Waals surface area contributed by atoms with Crippen LogP contribution in [-0.4, -0.2) is 43.7 Å². The lowest BCUT2D eigenvalue weighted by atomic mass is 9.81. The van der Waals surface area contributed by atoms with Crippen molar-refractivity contribution in [1.29, 1.82) is 0 Å². The van der Waals surface area contributed by atoms with Gasteiger partial charge in [-0.1, -0.05) is 0 Å². The highest BCUT2D eigenvalue weighted by Crippen LogP contribution is 2.37. The lowest BCUT2D eigenvalue weighted by Gasteiger charge is -2.32. The molecule has 0 aliphatic carbocycles. The van der Waals surface area contributed by atoms with Gasteiger partial charge in [-0.2, -0.15) is 0 Å². The molecule has 1 aliphatic heterocycles. The summed E-state index contributed by atoms with van der Waals surface area (Å²) in [5.41, 5.74) is -0.0791. The molecule has 1 fully saturated rings. The van der Waals surface area contributed by atoms with E-state index in [0.29, 0.717) is 17.9 Å². The Hall–Kier alpha value is -1.05. The number of nitrogens with zero attached hydrogens (tertiary/aromatic N) is 1. The summed E-state index contributed by atoms with van der Waals surface area (Å²) in [6.07, 6.45) is 2.42. The molecular weight excluding hydrogens is 259 g/mol. The molecule has 7 heteroatoms.